The molecule has 1 saturated carbocycles. The molecule has 0 radical (unpaired) electrons. The van der Waals surface area contributed by atoms with Crippen LogP contribution in [0.2, 0.25) is 0 Å². The van der Waals surface area contributed by atoms with E-state index in [2.05, 4.69) is 35.4 Å². The van der Waals surface area contributed by atoms with Crippen LogP contribution in [-0.4, -0.2) is 30.9 Å². The lowest BCUT2D eigenvalue weighted by Crippen LogP contribution is -2.28. The van der Waals surface area contributed by atoms with Crippen LogP contribution in [0.25, 0.3) is 0 Å². The van der Waals surface area contributed by atoms with Crippen LogP contribution in [0.5, 0.6) is 0 Å². The molecule has 0 bridgehead atoms. The van der Waals surface area contributed by atoms with Crippen molar-refractivity contribution in [3.8, 4) is 0 Å². The molecule has 21 heavy (non-hydrogen) atoms. The smallest absolute Gasteiger partial charge is 0.0471 e. The molecule has 0 spiro atoms. The SMILES string of the molecule is C/C=C/C=N/N(CC1CCCCC1)/C(=C/C)CCNCC. The van der Waals surface area contributed by atoms with Gasteiger partial charge in [0, 0.05) is 31.4 Å². The van der Waals surface area contributed by atoms with Crippen LogP contribution in [0.4, 0.5) is 0 Å². The first-order chi connectivity index (χ1) is 10.3. The summed E-state index contributed by atoms with van der Waals surface area (Å²) in [5, 5.41) is 10.3. The first kappa shape index (κ1) is 18.0. The van der Waals surface area contributed by atoms with E-state index in [-0.39, 0.29) is 0 Å². The van der Waals surface area contributed by atoms with E-state index >= 15 is 0 Å². The molecular formula is C18H33N3. The van der Waals surface area contributed by atoms with Gasteiger partial charge in [-0.1, -0.05) is 38.3 Å². The number of hydrazone groups is 1. The predicted molar refractivity (Wildman–Crippen MR) is 93.5 cm³/mol. The van der Waals surface area contributed by atoms with E-state index < -0.39 is 0 Å². The van der Waals surface area contributed by atoms with E-state index in [1.165, 1.54) is 37.8 Å². The number of allylic oxidation sites excluding steroid dienone is 3. The van der Waals surface area contributed by atoms with Gasteiger partial charge in [-0.3, -0.25) is 5.01 Å². The third-order valence-corrected chi connectivity index (χ3v) is 4.11. The zero-order valence-corrected chi connectivity index (χ0v) is 14.1. The van der Waals surface area contributed by atoms with Gasteiger partial charge in [0.25, 0.3) is 0 Å². The van der Waals surface area contributed by atoms with Crippen LogP contribution < -0.4 is 5.32 Å². The Morgan fingerprint density at radius 3 is 2.62 bits per heavy atom. The Balaban J connectivity index is 2.64. The number of nitrogens with zero attached hydrogens (tertiary/aromatic N) is 2. The lowest BCUT2D eigenvalue weighted by atomic mass is 9.89. The largest absolute Gasteiger partial charge is 0.317 e. The van der Waals surface area contributed by atoms with Gasteiger partial charge in [0.15, 0.2) is 0 Å². The summed E-state index contributed by atoms with van der Waals surface area (Å²) in [5.74, 6) is 0.801. The number of hydrogen-bond acceptors (Lipinski definition) is 3. The van der Waals surface area contributed by atoms with Crippen molar-refractivity contribution in [2.75, 3.05) is 19.6 Å². The number of rotatable bonds is 9. The van der Waals surface area contributed by atoms with Crippen molar-refractivity contribution in [3.63, 3.8) is 0 Å². The minimum absolute atomic E-state index is 0.801. The maximum atomic E-state index is 4.68. The van der Waals surface area contributed by atoms with Crippen molar-refractivity contribution in [3.05, 3.63) is 23.9 Å². The Morgan fingerprint density at radius 1 is 1.24 bits per heavy atom. The highest BCUT2D eigenvalue weighted by Crippen LogP contribution is 2.26. The Bertz CT molecular complexity index is 338. The second-order valence-electron chi connectivity index (χ2n) is 5.76. The normalized spacial score (nSPS) is 18.0. The van der Waals surface area contributed by atoms with Gasteiger partial charge < -0.3 is 5.32 Å². The van der Waals surface area contributed by atoms with E-state index in [1.807, 2.05) is 25.3 Å². The second-order valence-corrected chi connectivity index (χ2v) is 5.76. The molecule has 1 N–H and O–H groups in total. The van der Waals surface area contributed by atoms with Crippen molar-refractivity contribution in [1.29, 1.82) is 0 Å². The molecule has 0 aromatic rings. The topological polar surface area (TPSA) is 27.6 Å². The lowest BCUT2D eigenvalue weighted by Gasteiger charge is -2.29. The molecule has 0 heterocycles. The highest BCUT2D eigenvalue weighted by Gasteiger charge is 2.18. The molecule has 0 aromatic carbocycles. The van der Waals surface area contributed by atoms with Crippen molar-refractivity contribution in [1.82, 2.24) is 10.3 Å². The third-order valence-electron chi connectivity index (χ3n) is 4.11. The molecule has 120 valence electrons. The van der Waals surface area contributed by atoms with E-state index in [0.717, 1.165) is 32.0 Å². The molecule has 1 fully saturated rings. The van der Waals surface area contributed by atoms with Crippen LogP contribution in [0.15, 0.2) is 29.0 Å². The number of nitrogens with one attached hydrogen (secondary N) is 1. The molecule has 1 rings (SSSR count). The highest BCUT2D eigenvalue weighted by molar-refractivity contribution is 5.70. The van der Waals surface area contributed by atoms with Crippen molar-refractivity contribution >= 4 is 6.21 Å². The third kappa shape index (κ3) is 7.47. The van der Waals surface area contributed by atoms with Gasteiger partial charge in [0.2, 0.25) is 0 Å². The predicted octanol–water partition coefficient (Wildman–Crippen LogP) is 4.33. The maximum Gasteiger partial charge on any atom is 0.0471 e. The summed E-state index contributed by atoms with van der Waals surface area (Å²) in [6.07, 6.45) is 16.1. The summed E-state index contributed by atoms with van der Waals surface area (Å²) in [7, 11) is 0. The zero-order chi connectivity index (χ0) is 15.3. The first-order valence-corrected chi connectivity index (χ1v) is 8.60. The summed E-state index contributed by atoms with van der Waals surface area (Å²) < 4.78 is 0. The highest BCUT2D eigenvalue weighted by atomic mass is 15.5. The fraction of sp³-hybridized carbons (Fsp3) is 0.722. The quantitative estimate of drug-likeness (QED) is 0.389. The van der Waals surface area contributed by atoms with Crippen LogP contribution in [-0.2, 0) is 0 Å². The first-order valence-electron chi connectivity index (χ1n) is 8.60. The summed E-state index contributed by atoms with van der Waals surface area (Å²) in [4.78, 5) is 0. The van der Waals surface area contributed by atoms with Crippen molar-refractivity contribution in [2.24, 2.45) is 11.0 Å². The molecule has 0 saturated heterocycles. The summed E-state index contributed by atoms with van der Waals surface area (Å²) in [5.41, 5.74) is 1.34. The van der Waals surface area contributed by atoms with E-state index in [1.54, 1.807) is 0 Å². The molecule has 1 aliphatic carbocycles. The van der Waals surface area contributed by atoms with E-state index in [9.17, 15) is 0 Å². The standard InChI is InChI=1S/C18H33N3/c1-4-7-14-20-21(16-17-11-9-8-10-12-17)18(5-2)13-15-19-6-3/h4-5,7,14,17,19H,6,8-13,15-16H2,1-3H3/b7-4+,18-5+,20-14+. The average molecular weight is 291 g/mol. The number of hydrogen-bond donors (Lipinski definition) is 1. The van der Waals surface area contributed by atoms with Gasteiger partial charge in [-0.05, 0) is 45.2 Å². The van der Waals surface area contributed by atoms with E-state index in [0.29, 0.717) is 0 Å². The van der Waals surface area contributed by atoms with Gasteiger partial charge >= 0.3 is 0 Å². The van der Waals surface area contributed by atoms with E-state index in [4.69, 9.17) is 0 Å². The van der Waals surface area contributed by atoms with Crippen molar-refractivity contribution in [2.45, 2.75) is 59.3 Å². The molecule has 3 nitrogen and oxygen atoms in total. The van der Waals surface area contributed by atoms with Gasteiger partial charge in [0.05, 0.1) is 0 Å². The van der Waals surface area contributed by atoms with Crippen LogP contribution >= 0.6 is 0 Å². The Hall–Kier alpha value is -1.09. The maximum absolute atomic E-state index is 4.68. The molecular weight excluding hydrogens is 258 g/mol. The Kier molecular flexibility index (Phi) is 9.88. The average Bonchev–Trinajstić information content (AvgIpc) is 2.52. The summed E-state index contributed by atoms with van der Waals surface area (Å²) >= 11 is 0. The van der Waals surface area contributed by atoms with Gasteiger partial charge in [-0.25, -0.2) is 0 Å². The lowest BCUT2D eigenvalue weighted by molar-refractivity contribution is 0.242. The summed E-state index contributed by atoms with van der Waals surface area (Å²) in [6, 6.07) is 0. The zero-order valence-electron chi connectivity index (χ0n) is 14.1. The molecule has 1 aliphatic rings. The van der Waals surface area contributed by atoms with Gasteiger partial charge in [0.1, 0.15) is 0 Å². The summed E-state index contributed by atoms with van der Waals surface area (Å²) in [6.45, 7) is 9.43. The van der Waals surface area contributed by atoms with Crippen LogP contribution in [0.1, 0.15) is 59.3 Å². The fourth-order valence-corrected chi connectivity index (χ4v) is 2.87. The van der Waals surface area contributed by atoms with Crippen LogP contribution in [0.3, 0.4) is 0 Å². The molecule has 0 unspecified atom stereocenters. The fourth-order valence-electron chi connectivity index (χ4n) is 2.87. The van der Waals surface area contributed by atoms with Gasteiger partial charge in [-0.2, -0.15) is 5.10 Å². The monoisotopic (exact) mass is 291 g/mol. The second kappa shape index (κ2) is 11.6. The Labute approximate surface area is 131 Å². The minimum Gasteiger partial charge on any atom is -0.317 e. The molecule has 0 amide bonds. The Morgan fingerprint density at radius 2 is 2.00 bits per heavy atom. The van der Waals surface area contributed by atoms with Crippen LogP contribution in [0, 0.1) is 5.92 Å². The molecule has 0 aromatic heterocycles. The van der Waals surface area contributed by atoms with Crippen molar-refractivity contribution < 1.29 is 0 Å². The van der Waals surface area contributed by atoms with Gasteiger partial charge in [-0.15, -0.1) is 0 Å². The molecule has 0 aliphatic heterocycles. The molecule has 0 atom stereocenters. The minimum atomic E-state index is 0.801. The molecule has 3 heteroatoms.